The fourth-order valence-corrected chi connectivity index (χ4v) is 4.10. The van der Waals surface area contributed by atoms with E-state index in [2.05, 4.69) is 35.9 Å². The summed E-state index contributed by atoms with van der Waals surface area (Å²) >= 11 is 0. The number of nitrogens with zero attached hydrogens (tertiary/aromatic N) is 3. The highest BCUT2D eigenvalue weighted by Crippen LogP contribution is 2.19. The Kier molecular flexibility index (Phi) is 9.30. The van der Waals surface area contributed by atoms with Crippen LogP contribution in [0.5, 0.6) is 0 Å². The first-order valence-electron chi connectivity index (χ1n) is 12.6. The number of hydrogen-bond donors (Lipinski definition) is 0. The van der Waals surface area contributed by atoms with E-state index >= 15 is 0 Å². The molecule has 3 rings (SSSR count). The summed E-state index contributed by atoms with van der Waals surface area (Å²) < 4.78 is 2.19. The Morgan fingerprint density at radius 2 is 1.43 bits per heavy atom. The molecule has 0 saturated heterocycles. The largest absolute Gasteiger partial charge is 0.345 e. The number of hydrogen-bond acceptors (Lipinski definition) is 2. The minimum absolute atomic E-state index is 0.0198. The highest BCUT2D eigenvalue weighted by atomic mass is 16.2. The number of carbonyl (C=O) groups excluding carboxylic acids is 2. The average Bonchev–Trinajstić information content (AvgIpc) is 3.27. The number of unbranched alkanes of at least 4 members (excludes halogenated alkanes) is 1. The highest BCUT2D eigenvalue weighted by molar-refractivity contribution is 5.87. The standard InChI is InChI=1S/C30H39N3O2/c1-5-6-19-32(29(35)30(2,3)4)24-28(34)33(22-26-16-11-8-12-17-26)23-27-18-13-20-31(27)21-25-14-9-7-10-15-25/h7-18,20H,5-6,19,21-24H2,1-4H3. The Bertz CT molecular complexity index is 1070. The van der Waals surface area contributed by atoms with Crippen LogP contribution in [-0.4, -0.2) is 39.3 Å². The molecule has 0 aliphatic rings. The van der Waals surface area contributed by atoms with Crippen molar-refractivity contribution in [2.45, 2.75) is 60.2 Å². The predicted molar refractivity (Wildman–Crippen MR) is 142 cm³/mol. The third kappa shape index (κ3) is 7.84. The van der Waals surface area contributed by atoms with Crippen molar-refractivity contribution in [1.82, 2.24) is 14.4 Å². The van der Waals surface area contributed by atoms with Gasteiger partial charge in [-0.15, -0.1) is 0 Å². The molecular formula is C30H39N3O2. The van der Waals surface area contributed by atoms with E-state index < -0.39 is 5.41 Å². The van der Waals surface area contributed by atoms with E-state index in [0.29, 0.717) is 19.6 Å². The topological polar surface area (TPSA) is 45.6 Å². The molecular weight excluding hydrogens is 434 g/mol. The first-order valence-corrected chi connectivity index (χ1v) is 12.6. The fourth-order valence-electron chi connectivity index (χ4n) is 4.10. The molecule has 0 bridgehead atoms. The van der Waals surface area contributed by atoms with Gasteiger partial charge in [-0.1, -0.05) is 94.8 Å². The molecule has 0 spiro atoms. The van der Waals surface area contributed by atoms with Crippen molar-refractivity contribution in [3.05, 3.63) is 95.8 Å². The number of aromatic nitrogens is 1. The maximum absolute atomic E-state index is 13.7. The summed E-state index contributed by atoms with van der Waals surface area (Å²) in [5, 5.41) is 0. The lowest BCUT2D eigenvalue weighted by molar-refractivity contribution is -0.146. The molecule has 0 aliphatic carbocycles. The maximum atomic E-state index is 13.7. The van der Waals surface area contributed by atoms with Crippen LogP contribution in [0.2, 0.25) is 0 Å². The Morgan fingerprint density at radius 3 is 2.03 bits per heavy atom. The smallest absolute Gasteiger partial charge is 0.242 e. The second-order valence-corrected chi connectivity index (χ2v) is 10.2. The number of benzene rings is 2. The van der Waals surface area contributed by atoms with Gasteiger partial charge in [-0.3, -0.25) is 9.59 Å². The Balaban J connectivity index is 1.82. The third-order valence-corrected chi connectivity index (χ3v) is 6.08. The molecule has 0 fully saturated rings. The molecule has 5 nitrogen and oxygen atoms in total. The Hall–Kier alpha value is -3.34. The SMILES string of the molecule is CCCCN(CC(=O)N(Cc1ccccc1)Cc1cccn1Cc1ccccc1)C(=O)C(C)(C)C. The molecule has 1 heterocycles. The molecule has 1 aromatic heterocycles. The van der Waals surface area contributed by atoms with Crippen LogP contribution >= 0.6 is 0 Å². The molecule has 0 radical (unpaired) electrons. The van der Waals surface area contributed by atoms with Gasteiger partial charge in [0, 0.05) is 36.9 Å². The van der Waals surface area contributed by atoms with E-state index in [1.807, 2.05) is 80.3 Å². The van der Waals surface area contributed by atoms with Gasteiger partial charge >= 0.3 is 0 Å². The molecule has 0 atom stereocenters. The maximum Gasteiger partial charge on any atom is 0.242 e. The second kappa shape index (κ2) is 12.4. The molecule has 5 heteroatoms. The van der Waals surface area contributed by atoms with Crippen molar-refractivity contribution in [2.75, 3.05) is 13.1 Å². The van der Waals surface area contributed by atoms with Gasteiger partial charge in [-0.25, -0.2) is 0 Å². The van der Waals surface area contributed by atoms with Gasteiger partial charge < -0.3 is 14.4 Å². The van der Waals surface area contributed by atoms with Crippen LogP contribution < -0.4 is 0 Å². The van der Waals surface area contributed by atoms with Crippen molar-refractivity contribution in [3.63, 3.8) is 0 Å². The fraction of sp³-hybridized carbons (Fsp3) is 0.400. The van der Waals surface area contributed by atoms with E-state index in [4.69, 9.17) is 0 Å². The quantitative estimate of drug-likeness (QED) is 0.356. The number of carbonyl (C=O) groups is 2. The van der Waals surface area contributed by atoms with Gasteiger partial charge in [-0.2, -0.15) is 0 Å². The van der Waals surface area contributed by atoms with Crippen molar-refractivity contribution < 1.29 is 9.59 Å². The van der Waals surface area contributed by atoms with Crippen LogP contribution in [0.15, 0.2) is 79.0 Å². The lowest BCUT2D eigenvalue weighted by atomic mass is 9.94. The van der Waals surface area contributed by atoms with E-state index in [1.165, 1.54) is 5.56 Å². The van der Waals surface area contributed by atoms with Crippen molar-refractivity contribution >= 4 is 11.8 Å². The summed E-state index contributed by atoms with van der Waals surface area (Å²) in [5.41, 5.74) is 2.83. The number of amides is 2. The van der Waals surface area contributed by atoms with E-state index in [-0.39, 0.29) is 18.4 Å². The Morgan fingerprint density at radius 1 is 0.800 bits per heavy atom. The zero-order valence-electron chi connectivity index (χ0n) is 21.6. The van der Waals surface area contributed by atoms with E-state index in [9.17, 15) is 9.59 Å². The summed E-state index contributed by atoms with van der Waals surface area (Å²) in [6.45, 7) is 10.3. The molecule has 3 aromatic rings. The lowest BCUT2D eigenvalue weighted by Gasteiger charge is -2.32. The molecule has 35 heavy (non-hydrogen) atoms. The molecule has 2 amide bonds. The Labute approximate surface area is 210 Å². The summed E-state index contributed by atoms with van der Waals surface area (Å²) in [7, 11) is 0. The van der Waals surface area contributed by atoms with Gasteiger partial charge in [0.25, 0.3) is 0 Å². The monoisotopic (exact) mass is 473 g/mol. The minimum atomic E-state index is -0.525. The normalized spacial score (nSPS) is 11.3. The van der Waals surface area contributed by atoms with Crippen LogP contribution in [-0.2, 0) is 29.2 Å². The lowest BCUT2D eigenvalue weighted by Crippen LogP contribution is -2.46. The van der Waals surface area contributed by atoms with Crippen molar-refractivity contribution in [1.29, 1.82) is 0 Å². The van der Waals surface area contributed by atoms with E-state index in [1.54, 1.807) is 4.90 Å². The van der Waals surface area contributed by atoms with Gasteiger partial charge in [0.05, 0.1) is 13.1 Å². The van der Waals surface area contributed by atoms with Gasteiger partial charge in [0.2, 0.25) is 11.8 Å². The van der Waals surface area contributed by atoms with Crippen LogP contribution in [0.25, 0.3) is 0 Å². The first kappa shape index (κ1) is 26.3. The van der Waals surface area contributed by atoms with Gasteiger partial charge in [0.15, 0.2) is 0 Å². The minimum Gasteiger partial charge on any atom is -0.345 e. The van der Waals surface area contributed by atoms with Gasteiger partial charge in [0.1, 0.15) is 0 Å². The van der Waals surface area contributed by atoms with Crippen LogP contribution in [0.1, 0.15) is 57.4 Å². The number of rotatable bonds is 11. The molecule has 0 aliphatic heterocycles. The average molecular weight is 474 g/mol. The molecule has 186 valence electrons. The van der Waals surface area contributed by atoms with Crippen molar-refractivity contribution in [3.8, 4) is 0 Å². The summed E-state index contributed by atoms with van der Waals surface area (Å²) in [5.74, 6) is -0.0126. The summed E-state index contributed by atoms with van der Waals surface area (Å²) in [4.78, 5) is 30.4. The highest BCUT2D eigenvalue weighted by Gasteiger charge is 2.29. The molecule has 0 N–H and O–H groups in total. The molecule has 0 saturated carbocycles. The zero-order chi connectivity index (χ0) is 25.3. The van der Waals surface area contributed by atoms with Crippen LogP contribution in [0.3, 0.4) is 0 Å². The molecule has 0 unspecified atom stereocenters. The molecule has 2 aromatic carbocycles. The van der Waals surface area contributed by atoms with Gasteiger partial charge in [-0.05, 0) is 29.7 Å². The first-order chi connectivity index (χ1) is 16.8. The second-order valence-electron chi connectivity index (χ2n) is 10.2. The van der Waals surface area contributed by atoms with Crippen molar-refractivity contribution in [2.24, 2.45) is 5.41 Å². The zero-order valence-corrected chi connectivity index (χ0v) is 21.6. The van der Waals surface area contributed by atoms with Crippen LogP contribution in [0.4, 0.5) is 0 Å². The summed E-state index contributed by atoms with van der Waals surface area (Å²) in [6, 6.07) is 24.5. The summed E-state index contributed by atoms with van der Waals surface area (Å²) in [6.07, 6.45) is 3.92. The van der Waals surface area contributed by atoms with Crippen LogP contribution in [0, 0.1) is 5.41 Å². The third-order valence-electron chi connectivity index (χ3n) is 6.08. The van der Waals surface area contributed by atoms with E-state index in [0.717, 1.165) is 30.6 Å². The predicted octanol–water partition coefficient (Wildman–Crippen LogP) is 5.74.